The smallest absolute Gasteiger partial charge is 0.242 e. The molecular formula is C19H30N2O4. The van der Waals surface area contributed by atoms with Crippen molar-refractivity contribution < 1.29 is 18.7 Å². The fourth-order valence-electron chi connectivity index (χ4n) is 3.04. The van der Waals surface area contributed by atoms with Gasteiger partial charge in [-0.25, -0.2) is 0 Å². The van der Waals surface area contributed by atoms with Crippen LogP contribution in [0.1, 0.15) is 52.2 Å². The predicted octanol–water partition coefficient (Wildman–Crippen LogP) is 2.82. The van der Waals surface area contributed by atoms with Crippen LogP contribution in [0.4, 0.5) is 0 Å². The van der Waals surface area contributed by atoms with Crippen molar-refractivity contribution in [3.8, 4) is 0 Å². The third kappa shape index (κ3) is 5.88. The van der Waals surface area contributed by atoms with E-state index in [-0.39, 0.29) is 30.5 Å². The molecule has 6 nitrogen and oxygen atoms in total. The Morgan fingerprint density at radius 1 is 1.32 bits per heavy atom. The van der Waals surface area contributed by atoms with Gasteiger partial charge in [-0.05, 0) is 45.2 Å². The maximum atomic E-state index is 12.9. The van der Waals surface area contributed by atoms with Crippen LogP contribution in [0.3, 0.4) is 0 Å². The van der Waals surface area contributed by atoms with E-state index >= 15 is 0 Å². The van der Waals surface area contributed by atoms with Crippen molar-refractivity contribution in [3.63, 3.8) is 0 Å². The quantitative estimate of drug-likeness (QED) is 0.687. The zero-order chi connectivity index (χ0) is 18.2. The summed E-state index contributed by atoms with van der Waals surface area (Å²) in [7, 11) is 0. The van der Waals surface area contributed by atoms with Gasteiger partial charge in [0.05, 0.1) is 25.5 Å². The Hall–Kier alpha value is -1.82. The number of hydrogen-bond acceptors (Lipinski definition) is 4. The van der Waals surface area contributed by atoms with Gasteiger partial charge < -0.3 is 19.0 Å². The summed E-state index contributed by atoms with van der Waals surface area (Å²) in [6, 6.07) is 3.67. The van der Waals surface area contributed by atoms with Gasteiger partial charge in [-0.3, -0.25) is 9.59 Å². The number of nitrogens with zero attached hydrogens (tertiary/aromatic N) is 2. The number of amides is 2. The molecule has 2 rings (SSSR count). The maximum Gasteiger partial charge on any atom is 0.242 e. The maximum absolute atomic E-state index is 12.9. The van der Waals surface area contributed by atoms with E-state index in [4.69, 9.17) is 9.15 Å². The van der Waals surface area contributed by atoms with E-state index in [0.717, 1.165) is 31.6 Å². The van der Waals surface area contributed by atoms with Crippen molar-refractivity contribution in [3.05, 3.63) is 24.2 Å². The molecule has 1 atom stereocenters. The molecule has 0 aliphatic carbocycles. The average molecular weight is 350 g/mol. The van der Waals surface area contributed by atoms with E-state index in [1.165, 1.54) is 0 Å². The Balaban J connectivity index is 2.05. The average Bonchev–Trinajstić information content (AvgIpc) is 3.25. The molecule has 1 aliphatic rings. The summed E-state index contributed by atoms with van der Waals surface area (Å²) in [5, 5.41) is 0. The Morgan fingerprint density at radius 2 is 2.12 bits per heavy atom. The number of ether oxygens (including phenoxy) is 1. The van der Waals surface area contributed by atoms with E-state index in [1.54, 1.807) is 16.1 Å². The lowest BCUT2D eigenvalue weighted by molar-refractivity contribution is -0.143. The van der Waals surface area contributed by atoms with Crippen molar-refractivity contribution in [2.45, 2.75) is 65.1 Å². The Kier molecular flexibility index (Phi) is 7.50. The number of carbonyl (C=O) groups excluding carboxylic acids is 2. The number of furan rings is 1. The van der Waals surface area contributed by atoms with Crippen LogP contribution in [0.2, 0.25) is 0 Å². The third-order valence-corrected chi connectivity index (χ3v) is 4.44. The highest BCUT2D eigenvalue weighted by Crippen LogP contribution is 2.16. The van der Waals surface area contributed by atoms with Crippen molar-refractivity contribution in [1.29, 1.82) is 0 Å². The largest absolute Gasteiger partial charge is 0.467 e. The molecule has 0 bridgehead atoms. The van der Waals surface area contributed by atoms with E-state index < -0.39 is 0 Å². The van der Waals surface area contributed by atoms with Crippen molar-refractivity contribution in [2.24, 2.45) is 0 Å². The molecule has 6 heteroatoms. The van der Waals surface area contributed by atoms with Gasteiger partial charge in [0.2, 0.25) is 11.8 Å². The third-order valence-electron chi connectivity index (χ3n) is 4.44. The van der Waals surface area contributed by atoms with Gasteiger partial charge in [-0.15, -0.1) is 0 Å². The Bertz CT molecular complexity index is 536. The monoisotopic (exact) mass is 350 g/mol. The fourth-order valence-corrected chi connectivity index (χ4v) is 3.04. The molecule has 0 saturated carbocycles. The molecule has 2 amide bonds. The lowest BCUT2D eigenvalue weighted by atomic mass is 10.2. The SMILES string of the molecule is CCCC(=O)N(CC(=O)N(Cc1ccco1)CC1CCCO1)C(C)C. The summed E-state index contributed by atoms with van der Waals surface area (Å²) < 4.78 is 11.1. The molecule has 0 N–H and O–H groups in total. The first-order valence-electron chi connectivity index (χ1n) is 9.22. The van der Waals surface area contributed by atoms with Crippen LogP contribution in [0.5, 0.6) is 0 Å². The summed E-state index contributed by atoms with van der Waals surface area (Å²) in [4.78, 5) is 28.6. The number of hydrogen-bond donors (Lipinski definition) is 0. The van der Waals surface area contributed by atoms with Crippen molar-refractivity contribution >= 4 is 11.8 Å². The molecule has 1 unspecified atom stereocenters. The van der Waals surface area contributed by atoms with Crippen LogP contribution in [0.25, 0.3) is 0 Å². The number of rotatable bonds is 9. The van der Waals surface area contributed by atoms with Crippen LogP contribution in [0.15, 0.2) is 22.8 Å². The molecule has 0 spiro atoms. The molecule has 1 aliphatic heterocycles. The van der Waals surface area contributed by atoms with Crippen LogP contribution in [-0.4, -0.2) is 53.5 Å². The highest BCUT2D eigenvalue weighted by atomic mass is 16.5. The van der Waals surface area contributed by atoms with Gasteiger partial charge >= 0.3 is 0 Å². The minimum atomic E-state index is -0.0648. The second-order valence-corrected chi connectivity index (χ2v) is 6.85. The molecule has 1 aromatic heterocycles. The summed E-state index contributed by atoms with van der Waals surface area (Å²) in [6.45, 7) is 7.64. The standard InChI is InChI=1S/C19H30N2O4/c1-4-7-18(22)21(15(2)3)14-19(23)20(12-16-8-5-10-24-16)13-17-9-6-11-25-17/h5,8,10,15,17H,4,6-7,9,11-14H2,1-3H3. The highest BCUT2D eigenvalue weighted by Gasteiger charge is 2.27. The lowest BCUT2D eigenvalue weighted by Gasteiger charge is -2.30. The van der Waals surface area contributed by atoms with Gasteiger partial charge in [-0.2, -0.15) is 0 Å². The summed E-state index contributed by atoms with van der Waals surface area (Å²) in [5.41, 5.74) is 0. The van der Waals surface area contributed by atoms with Gasteiger partial charge in [0, 0.05) is 25.6 Å². The highest BCUT2D eigenvalue weighted by molar-refractivity contribution is 5.85. The fraction of sp³-hybridized carbons (Fsp3) is 0.684. The predicted molar refractivity (Wildman–Crippen MR) is 94.9 cm³/mol. The van der Waals surface area contributed by atoms with E-state index in [9.17, 15) is 9.59 Å². The molecule has 2 heterocycles. The van der Waals surface area contributed by atoms with E-state index in [1.807, 2.05) is 32.9 Å². The second-order valence-electron chi connectivity index (χ2n) is 6.85. The Morgan fingerprint density at radius 3 is 2.68 bits per heavy atom. The minimum Gasteiger partial charge on any atom is -0.467 e. The van der Waals surface area contributed by atoms with Gasteiger partial charge in [0.15, 0.2) is 0 Å². The van der Waals surface area contributed by atoms with Crippen LogP contribution < -0.4 is 0 Å². The second kappa shape index (κ2) is 9.61. The van der Waals surface area contributed by atoms with Gasteiger partial charge in [0.25, 0.3) is 0 Å². The lowest BCUT2D eigenvalue weighted by Crippen LogP contribution is -2.47. The van der Waals surface area contributed by atoms with Crippen LogP contribution in [-0.2, 0) is 20.9 Å². The Labute approximate surface area is 150 Å². The van der Waals surface area contributed by atoms with E-state index in [0.29, 0.717) is 19.5 Å². The molecular weight excluding hydrogens is 320 g/mol. The van der Waals surface area contributed by atoms with Crippen molar-refractivity contribution in [2.75, 3.05) is 19.7 Å². The topological polar surface area (TPSA) is 63.0 Å². The first-order chi connectivity index (χ1) is 12.0. The molecule has 0 aromatic carbocycles. The summed E-state index contributed by atoms with van der Waals surface area (Å²) in [6.07, 6.45) is 4.91. The molecule has 1 fully saturated rings. The zero-order valence-electron chi connectivity index (χ0n) is 15.6. The van der Waals surface area contributed by atoms with Gasteiger partial charge in [0.1, 0.15) is 5.76 Å². The molecule has 0 radical (unpaired) electrons. The molecule has 1 saturated heterocycles. The normalized spacial score (nSPS) is 17.0. The number of carbonyl (C=O) groups is 2. The molecule has 1 aromatic rings. The minimum absolute atomic E-state index is 0.00352. The first kappa shape index (κ1) is 19.5. The summed E-state index contributed by atoms with van der Waals surface area (Å²) in [5.74, 6) is 0.702. The zero-order valence-corrected chi connectivity index (χ0v) is 15.6. The van der Waals surface area contributed by atoms with E-state index in [2.05, 4.69) is 0 Å². The van der Waals surface area contributed by atoms with Crippen molar-refractivity contribution in [1.82, 2.24) is 9.80 Å². The molecule has 140 valence electrons. The molecule has 25 heavy (non-hydrogen) atoms. The van der Waals surface area contributed by atoms with Crippen LogP contribution in [0, 0.1) is 0 Å². The summed E-state index contributed by atoms with van der Waals surface area (Å²) >= 11 is 0. The first-order valence-corrected chi connectivity index (χ1v) is 9.22. The van der Waals surface area contributed by atoms with Gasteiger partial charge in [-0.1, -0.05) is 6.92 Å². The van der Waals surface area contributed by atoms with Crippen LogP contribution >= 0.6 is 0 Å².